The summed E-state index contributed by atoms with van der Waals surface area (Å²) in [6.45, 7) is 4.16. The van der Waals surface area contributed by atoms with Crippen LogP contribution in [0.1, 0.15) is 24.5 Å². The number of nitrogens with zero attached hydrogens (tertiary/aromatic N) is 3. The summed E-state index contributed by atoms with van der Waals surface area (Å²) in [6.07, 6.45) is 5.52. The van der Waals surface area contributed by atoms with E-state index in [0.717, 1.165) is 24.1 Å². The maximum Gasteiger partial charge on any atom is 0.229 e. The van der Waals surface area contributed by atoms with E-state index < -0.39 is 0 Å². The van der Waals surface area contributed by atoms with Gasteiger partial charge in [0.25, 0.3) is 0 Å². The van der Waals surface area contributed by atoms with E-state index in [0.29, 0.717) is 5.95 Å². The van der Waals surface area contributed by atoms with Gasteiger partial charge in [-0.05, 0) is 37.5 Å². The van der Waals surface area contributed by atoms with Gasteiger partial charge in [-0.15, -0.1) is 0 Å². The van der Waals surface area contributed by atoms with Crippen LogP contribution in [0.3, 0.4) is 0 Å². The Kier molecular flexibility index (Phi) is 4.69. The molecule has 1 heterocycles. The molecule has 0 bridgehead atoms. The number of hydrogen-bond donors (Lipinski definition) is 1. The summed E-state index contributed by atoms with van der Waals surface area (Å²) in [7, 11) is 1.97. The van der Waals surface area contributed by atoms with Crippen molar-refractivity contribution in [3.05, 3.63) is 47.8 Å². The Hall–Kier alpha value is -1.94. The average molecular weight is 270 g/mol. The second-order valence-corrected chi connectivity index (χ2v) is 5.16. The second-order valence-electron chi connectivity index (χ2n) is 5.16. The summed E-state index contributed by atoms with van der Waals surface area (Å²) in [5.74, 6) is 0.697. The van der Waals surface area contributed by atoms with Gasteiger partial charge < -0.3 is 10.6 Å². The van der Waals surface area contributed by atoms with Gasteiger partial charge in [0.1, 0.15) is 0 Å². The van der Waals surface area contributed by atoms with E-state index in [1.165, 1.54) is 5.56 Å². The van der Waals surface area contributed by atoms with E-state index in [1.54, 1.807) is 0 Å². The predicted octanol–water partition coefficient (Wildman–Crippen LogP) is 2.83. The molecular weight excluding hydrogens is 248 g/mol. The van der Waals surface area contributed by atoms with Gasteiger partial charge in [-0.25, -0.2) is 9.97 Å². The highest BCUT2D eigenvalue weighted by molar-refractivity contribution is 5.56. The van der Waals surface area contributed by atoms with Crippen LogP contribution in [0.15, 0.2) is 36.7 Å². The zero-order chi connectivity index (χ0) is 14.5. The normalized spacial score (nSPS) is 12.2. The Balaban J connectivity index is 2.11. The van der Waals surface area contributed by atoms with Gasteiger partial charge in [0.15, 0.2) is 0 Å². The van der Waals surface area contributed by atoms with Crippen molar-refractivity contribution in [3.8, 4) is 0 Å². The van der Waals surface area contributed by atoms with E-state index in [1.807, 2.05) is 24.3 Å². The number of aromatic nitrogens is 2. The van der Waals surface area contributed by atoms with Gasteiger partial charge in [0, 0.05) is 31.2 Å². The van der Waals surface area contributed by atoms with Gasteiger partial charge in [0.05, 0.1) is 0 Å². The smallest absolute Gasteiger partial charge is 0.229 e. The summed E-state index contributed by atoms with van der Waals surface area (Å²) in [6, 6.07) is 8.49. The maximum absolute atomic E-state index is 5.94. The van der Waals surface area contributed by atoms with Crippen LogP contribution in [0.4, 0.5) is 11.6 Å². The molecular formula is C16H22N4. The third kappa shape index (κ3) is 3.54. The Bertz CT molecular complexity index is 533. The molecule has 2 N–H and O–H groups in total. The number of benzene rings is 1. The monoisotopic (exact) mass is 270 g/mol. The minimum Gasteiger partial charge on any atom is -0.327 e. The lowest BCUT2D eigenvalue weighted by Gasteiger charge is -2.17. The van der Waals surface area contributed by atoms with E-state index in [-0.39, 0.29) is 6.04 Å². The molecule has 20 heavy (non-hydrogen) atoms. The first-order valence-electron chi connectivity index (χ1n) is 6.97. The van der Waals surface area contributed by atoms with Crippen LogP contribution in [0.5, 0.6) is 0 Å². The van der Waals surface area contributed by atoms with E-state index in [9.17, 15) is 0 Å². The molecule has 0 fully saturated rings. The molecule has 0 aliphatic rings. The fourth-order valence-corrected chi connectivity index (χ4v) is 1.96. The van der Waals surface area contributed by atoms with Crippen molar-refractivity contribution in [2.24, 2.45) is 5.73 Å². The van der Waals surface area contributed by atoms with Gasteiger partial charge in [-0.2, -0.15) is 0 Å². The molecule has 0 aliphatic heterocycles. The molecule has 0 radical (unpaired) electrons. The minimum absolute atomic E-state index is 0.180. The van der Waals surface area contributed by atoms with Crippen LogP contribution in [0.2, 0.25) is 0 Å². The zero-order valence-corrected chi connectivity index (χ0v) is 12.4. The first-order chi connectivity index (χ1) is 9.60. The Morgan fingerprint density at radius 3 is 2.30 bits per heavy atom. The zero-order valence-electron chi connectivity index (χ0n) is 12.4. The molecule has 4 nitrogen and oxygen atoms in total. The van der Waals surface area contributed by atoms with Crippen molar-refractivity contribution < 1.29 is 0 Å². The fraction of sp³-hybridized carbons (Fsp3) is 0.375. The van der Waals surface area contributed by atoms with Crippen LogP contribution in [-0.4, -0.2) is 23.1 Å². The summed E-state index contributed by atoms with van der Waals surface area (Å²) >= 11 is 0. The number of aryl methyl sites for hydroxylation is 1. The van der Waals surface area contributed by atoms with Crippen LogP contribution in [-0.2, 0) is 6.42 Å². The lowest BCUT2D eigenvalue weighted by atomic mass is 10.1. The number of hydrogen-bond acceptors (Lipinski definition) is 4. The van der Waals surface area contributed by atoms with E-state index in [2.05, 4.69) is 48.1 Å². The molecule has 1 unspecified atom stereocenters. The van der Waals surface area contributed by atoms with Crippen molar-refractivity contribution in [1.29, 1.82) is 0 Å². The third-order valence-corrected chi connectivity index (χ3v) is 3.44. The molecule has 0 saturated heterocycles. The van der Waals surface area contributed by atoms with Gasteiger partial charge in [-0.1, -0.05) is 24.6 Å². The quantitative estimate of drug-likeness (QED) is 0.907. The molecule has 4 heteroatoms. The topological polar surface area (TPSA) is 55.0 Å². The summed E-state index contributed by atoms with van der Waals surface area (Å²) in [5.41, 5.74) is 9.35. The second kappa shape index (κ2) is 6.48. The number of nitrogens with two attached hydrogens (primary N) is 1. The highest BCUT2D eigenvalue weighted by Crippen LogP contribution is 2.20. The van der Waals surface area contributed by atoms with Gasteiger partial charge >= 0.3 is 0 Å². The fourth-order valence-electron chi connectivity index (χ4n) is 1.96. The first kappa shape index (κ1) is 14.5. The van der Waals surface area contributed by atoms with Crippen molar-refractivity contribution in [2.75, 3.05) is 11.9 Å². The molecule has 0 spiro atoms. The van der Waals surface area contributed by atoms with Crippen LogP contribution in [0, 0.1) is 6.92 Å². The van der Waals surface area contributed by atoms with Crippen molar-refractivity contribution >= 4 is 11.6 Å². The van der Waals surface area contributed by atoms with Gasteiger partial charge in [-0.3, -0.25) is 0 Å². The minimum atomic E-state index is 0.180. The number of rotatable bonds is 5. The first-order valence-corrected chi connectivity index (χ1v) is 6.97. The molecule has 0 amide bonds. The Labute approximate surface area is 120 Å². The molecule has 0 aliphatic carbocycles. The maximum atomic E-state index is 5.94. The SMILES string of the molecule is CCC(N)Cc1cnc(N(C)c2ccc(C)cc2)nc1. The predicted molar refractivity (Wildman–Crippen MR) is 83.2 cm³/mol. The molecule has 106 valence electrons. The van der Waals surface area contributed by atoms with Crippen LogP contribution < -0.4 is 10.6 Å². The van der Waals surface area contributed by atoms with Crippen LogP contribution in [0.25, 0.3) is 0 Å². The van der Waals surface area contributed by atoms with Crippen molar-refractivity contribution in [2.45, 2.75) is 32.7 Å². The summed E-state index contributed by atoms with van der Waals surface area (Å²) < 4.78 is 0. The molecule has 1 aromatic carbocycles. The lowest BCUT2D eigenvalue weighted by Crippen LogP contribution is -2.21. The van der Waals surface area contributed by atoms with E-state index >= 15 is 0 Å². The summed E-state index contributed by atoms with van der Waals surface area (Å²) in [5, 5.41) is 0. The molecule has 2 rings (SSSR count). The molecule has 0 saturated carbocycles. The van der Waals surface area contributed by atoms with Crippen molar-refractivity contribution in [3.63, 3.8) is 0 Å². The highest BCUT2D eigenvalue weighted by Gasteiger charge is 2.08. The summed E-state index contributed by atoms with van der Waals surface area (Å²) in [4.78, 5) is 10.8. The van der Waals surface area contributed by atoms with Crippen molar-refractivity contribution in [1.82, 2.24) is 9.97 Å². The Morgan fingerprint density at radius 2 is 1.75 bits per heavy atom. The average Bonchev–Trinajstić information content (AvgIpc) is 2.48. The highest BCUT2D eigenvalue weighted by atomic mass is 15.2. The molecule has 1 aromatic heterocycles. The van der Waals surface area contributed by atoms with Gasteiger partial charge in [0.2, 0.25) is 5.95 Å². The molecule has 2 aromatic rings. The standard InChI is InChI=1S/C16H22N4/c1-4-14(17)9-13-10-18-16(19-11-13)20(3)15-7-5-12(2)6-8-15/h5-8,10-11,14H,4,9,17H2,1-3H3. The molecule has 1 atom stereocenters. The third-order valence-electron chi connectivity index (χ3n) is 3.44. The number of anilines is 2. The largest absolute Gasteiger partial charge is 0.327 e. The Morgan fingerprint density at radius 1 is 1.15 bits per heavy atom. The van der Waals surface area contributed by atoms with E-state index in [4.69, 9.17) is 5.73 Å². The van der Waals surface area contributed by atoms with Crippen LogP contribution >= 0.6 is 0 Å². The lowest BCUT2D eigenvalue weighted by molar-refractivity contribution is 0.643.